The van der Waals surface area contributed by atoms with Gasteiger partial charge in [-0.3, -0.25) is 4.79 Å². The summed E-state index contributed by atoms with van der Waals surface area (Å²) in [4.78, 5) is 24.0. The van der Waals surface area contributed by atoms with Crippen molar-refractivity contribution in [2.75, 3.05) is 12.4 Å². The van der Waals surface area contributed by atoms with Crippen LogP contribution in [0.25, 0.3) is 0 Å². The van der Waals surface area contributed by atoms with Crippen LogP contribution in [0.1, 0.15) is 26.3 Å². The third-order valence-electron chi connectivity index (χ3n) is 2.95. The summed E-state index contributed by atoms with van der Waals surface area (Å²) in [5, 5.41) is 3.03. The summed E-state index contributed by atoms with van der Waals surface area (Å²) in [6, 6.07) is 11.8. The van der Waals surface area contributed by atoms with Crippen LogP contribution in [0.2, 0.25) is 5.02 Å². The van der Waals surface area contributed by atoms with Crippen molar-refractivity contribution in [1.29, 1.82) is 0 Å². The molecule has 2 rings (SSSR count). The zero-order chi connectivity index (χ0) is 15.4. The molecule has 0 aliphatic carbocycles. The first-order valence-corrected chi connectivity index (χ1v) is 6.65. The molecule has 0 fully saturated rings. The maximum Gasteiger partial charge on any atom is 0.339 e. The van der Waals surface area contributed by atoms with E-state index in [1.165, 1.54) is 7.11 Å². The van der Waals surface area contributed by atoms with Crippen molar-refractivity contribution in [2.45, 2.75) is 6.92 Å². The van der Waals surface area contributed by atoms with E-state index in [0.717, 1.165) is 5.56 Å². The molecule has 0 atom stereocenters. The minimum Gasteiger partial charge on any atom is -0.465 e. The fourth-order valence-corrected chi connectivity index (χ4v) is 2.10. The van der Waals surface area contributed by atoms with Crippen LogP contribution in [0, 0.1) is 6.92 Å². The molecule has 0 aliphatic heterocycles. The molecule has 4 nitrogen and oxygen atoms in total. The molecule has 0 radical (unpaired) electrons. The molecule has 0 bridgehead atoms. The Bertz CT molecular complexity index is 698. The van der Waals surface area contributed by atoms with Gasteiger partial charge in [0, 0.05) is 0 Å². The molecule has 0 unspecified atom stereocenters. The van der Waals surface area contributed by atoms with Gasteiger partial charge in [-0.1, -0.05) is 35.4 Å². The van der Waals surface area contributed by atoms with Gasteiger partial charge in [-0.15, -0.1) is 0 Å². The maximum absolute atomic E-state index is 12.2. The van der Waals surface area contributed by atoms with Crippen LogP contribution in [0.15, 0.2) is 42.5 Å². The summed E-state index contributed by atoms with van der Waals surface area (Å²) in [6.07, 6.45) is 0. The van der Waals surface area contributed by atoms with Gasteiger partial charge in [0.25, 0.3) is 5.91 Å². The number of hydrogen-bond donors (Lipinski definition) is 1. The topological polar surface area (TPSA) is 55.4 Å². The Morgan fingerprint density at radius 2 is 1.81 bits per heavy atom. The van der Waals surface area contributed by atoms with Crippen molar-refractivity contribution < 1.29 is 14.3 Å². The zero-order valence-electron chi connectivity index (χ0n) is 11.6. The summed E-state index contributed by atoms with van der Waals surface area (Å²) >= 11 is 5.99. The first kappa shape index (κ1) is 15.1. The number of carbonyl (C=O) groups is 2. The molecule has 0 aliphatic rings. The number of ether oxygens (including phenoxy) is 1. The fraction of sp³-hybridized carbons (Fsp3) is 0.125. The number of amides is 1. The number of anilines is 1. The Hall–Kier alpha value is -2.33. The molecule has 0 saturated heterocycles. The largest absolute Gasteiger partial charge is 0.465 e. The molecule has 0 saturated carbocycles. The summed E-state index contributed by atoms with van der Waals surface area (Å²) in [5.41, 5.74) is 1.93. The highest BCUT2D eigenvalue weighted by Gasteiger charge is 2.16. The van der Waals surface area contributed by atoms with E-state index in [4.69, 9.17) is 16.3 Å². The molecule has 0 spiro atoms. The second-order valence-electron chi connectivity index (χ2n) is 4.47. The van der Waals surface area contributed by atoms with E-state index in [0.29, 0.717) is 21.8 Å². The number of esters is 1. The number of benzene rings is 2. The molecule has 5 heteroatoms. The van der Waals surface area contributed by atoms with Crippen molar-refractivity contribution in [3.05, 3.63) is 64.2 Å². The quantitative estimate of drug-likeness (QED) is 0.880. The van der Waals surface area contributed by atoms with Gasteiger partial charge in [-0.05, 0) is 31.2 Å². The minimum atomic E-state index is -0.506. The maximum atomic E-state index is 12.2. The van der Waals surface area contributed by atoms with Crippen LogP contribution in [0.3, 0.4) is 0 Å². The predicted octanol–water partition coefficient (Wildman–Crippen LogP) is 3.69. The Kier molecular flexibility index (Phi) is 4.60. The monoisotopic (exact) mass is 303 g/mol. The van der Waals surface area contributed by atoms with Crippen LogP contribution in [-0.2, 0) is 4.74 Å². The van der Waals surface area contributed by atoms with Gasteiger partial charge >= 0.3 is 5.97 Å². The van der Waals surface area contributed by atoms with Crippen molar-refractivity contribution in [1.82, 2.24) is 0 Å². The van der Waals surface area contributed by atoms with Crippen molar-refractivity contribution >= 4 is 29.2 Å². The molecule has 0 heterocycles. The lowest BCUT2D eigenvalue weighted by Gasteiger charge is -2.11. The van der Waals surface area contributed by atoms with E-state index in [1.54, 1.807) is 42.5 Å². The standard InChI is InChI=1S/C16H14ClNO3/c1-10-7-8-14(12(9-10)16(20)21-2)18-15(19)11-5-3-4-6-13(11)17/h3-9H,1-2H3,(H,18,19). The predicted molar refractivity (Wildman–Crippen MR) is 81.9 cm³/mol. The highest BCUT2D eigenvalue weighted by molar-refractivity contribution is 6.34. The number of halogens is 1. The van der Waals surface area contributed by atoms with Crippen LogP contribution < -0.4 is 5.32 Å². The highest BCUT2D eigenvalue weighted by atomic mass is 35.5. The van der Waals surface area contributed by atoms with Crippen LogP contribution in [0.5, 0.6) is 0 Å². The number of aryl methyl sites for hydroxylation is 1. The van der Waals surface area contributed by atoms with Crippen molar-refractivity contribution in [3.63, 3.8) is 0 Å². The van der Waals surface area contributed by atoms with Crippen molar-refractivity contribution in [3.8, 4) is 0 Å². The Morgan fingerprint density at radius 1 is 1.10 bits per heavy atom. The normalized spacial score (nSPS) is 10.0. The average Bonchev–Trinajstić information content (AvgIpc) is 2.48. The van der Waals surface area contributed by atoms with Gasteiger partial charge in [0.1, 0.15) is 0 Å². The molecule has 108 valence electrons. The average molecular weight is 304 g/mol. The number of methoxy groups -OCH3 is 1. The number of hydrogen-bond acceptors (Lipinski definition) is 3. The number of rotatable bonds is 3. The molecule has 1 amide bonds. The number of carbonyl (C=O) groups excluding carboxylic acids is 2. The first-order valence-electron chi connectivity index (χ1n) is 6.27. The SMILES string of the molecule is COC(=O)c1cc(C)ccc1NC(=O)c1ccccc1Cl. The molecular formula is C16H14ClNO3. The third kappa shape index (κ3) is 3.41. The van der Waals surface area contributed by atoms with Gasteiger partial charge in [0.2, 0.25) is 0 Å². The summed E-state index contributed by atoms with van der Waals surface area (Å²) in [6.45, 7) is 1.85. The van der Waals surface area contributed by atoms with E-state index in [9.17, 15) is 9.59 Å². The van der Waals surface area contributed by atoms with Crippen LogP contribution in [-0.4, -0.2) is 19.0 Å². The Morgan fingerprint density at radius 3 is 2.48 bits per heavy atom. The van der Waals surface area contributed by atoms with Gasteiger partial charge in [-0.25, -0.2) is 4.79 Å². The summed E-state index contributed by atoms with van der Waals surface area (Å²) in [7, 11) is 1.30. The molecular weight excluding hydrogens is 290 g/mol. The van der Waals surface area contributed by atoms with Crippen LogP contribution >= 0.6 is 11.6 Å². The second-order valence-corrected chi connectivity index (χ2v) is 4.88. The first-order chi connectivity index (χ1) is 10.0. The van der Waals surface area contributed by atoms with Gasteiger partial charge < -0.3 is 10.1 Å². The molecule has 21 heavy (non-hydrogen) atoms. The number of nitrogens with one attached hydrogen (secondary N) is 1. The third-order valence-corrected chi connectivity index (χ3v) is 3.28. The molecule has 2 aromatic carbocycles. The smallest absolute Gasteiger partial charge is 0.339 e. The van der Waals surface area contributed by atoms with E-state index in [1.807, 2.05) is 6.92 Å². The van der Waals surface area contributed by atoms with Gasteiger partial charge in [-0.2, -0.15) is 0 Å². The Balaban J connectivity index is 2.34. The second kappa shape index (κ2) is 6.41. The Labute approximate surface area is 127 Å². The lowest BCUT2D eigenvalue weighted by molar-refractivity contribution is 0.0602. The summed E-state index contributed by atoms with van der Waals surface area (Å²) in [5.74, 6) is -0.886. The van der Waals surface area contributed by atoms with Gasteiger partial charge in [0.15, 0.2) is 0 Å². The molecule has 1 N–H and O–H groups in total. The lowest BCUT2D eigenvalue weighted by Crippen LogP contribution is -2.16. The van der Waals surface area contributed by atoms with Crippen molar-refractivity contribution in [2.24, 2.45) is 0 Å². The zero-order valence-corrected chi connectivity index (χ0v) is 12.4. The molecule has 2 aromatic rings. The fourth-order valence-electron chi connectivity index (χ4n) is 1.88. The molecule has 0 aromatic heterocycles. The van der Waals surface area contributed by atoms with E-state index in [2.05, 4.69) is 5.32 Å². The van der Waals surface area contributed by atoms with E-state index in [-0.39, 0.29) is 5.91 Å². The van der Waals surface area contributed by atoms with E-state index < -0.39 is 5.97 Å². The lowest BCUT2D eigenvalue weighted by atomic mass is 10.1. The summed E-state index contributed by atoms with van der Waals surface area (Å²) < 4.78 is 4.73. The van der Waals surface area contributed by atoms with E-state index >= 15 is 0 Å². The minimum absolute atomic E-state index is 0.304. The van der Waals surface area contributed by atoms with Gasteiger partial charge in [0.05, 0.1) is 28.9 Å². The van der Waals surface area contributed by atoms with Crippen LogP contribution in [0.4, 0.5) is 5.69 Å². The highest BCUT2D eigenvalue weighted by Crippen LogP contribution is 2.21.